The van der Waals surface area contributed by atoms with Gasteiger partial charge in [-0.15, -0.1) is 0 Å². The van der Waals surface area contributed by atoms with Crippen molar-refractivity contribution < 1.29 is 43.2 Å². The van der Waals surface area contributed by atoms with Gasteiger partial charge in [-0.1, -0.05) is 78.0 Å². The molecule has 1 aliphatic carbocycles. The Bertz CT molecular complexity index is 2290. The van der Waals surface area contributed by atoms with Crippen molar-refractivity contribution in [1.82, 2.24) is 51.8 Å². The molecule has 4 rings (SSSR count). The van der Waals surface area contributed by atoms with Gasteiger partial charge >= 0.3 is 0 Å². The zero-order valence-electron chi connectivity index (χ0n) is 41.8. The number of hydrogen-bond donors (Lipinski definition) is 11. The van der Waals surface area contributed by atoms with Crippen molar-refractivity contribution >= 4 is 64.1 Å². The molecule has 22 heteroatoms. The van der Waals surface area contributed by atoms with Crippen LogP contribution >= 0.6 is 0 Å². The number of nitrogens with zero attached hydrogens (tertiary/aromatic N) is 2. The highest BCUT2D eigenvalue weighted by Gasteiger charge is 2.34. The second-order valence-corrected chi connectivity index (χ2v) is 19.2. The lowest BCUT2D eigenvalue weighted by Crippen LogP contribution is -2.58. The van der Waals surface area contributed by atoms with Crippen LogP contribution < -0.4 is 49.1 Å². The number of rotatable bonds is 29. The van der Waals surface area contributed by atoms with Crippen molar-refractivity contribution in [2.45, 2.75) is 154 Å². The number of imidazole rings is 1. The van der Waals surface area contributed by atoms with E-state index in [9.17, 15) is 43.2 Å². The number of nitrogens with one attached hydrogen (secondary N) is 8. The maximum absolute atomic E-state index is 14.1. The molecule has 3 aromatic rings. The third-order valence-electron chi connectivity index (χ3n) is 13.4. The molecule has 390 valence electrons. The normalized spacial score (nSPS) is 16.1. The average Bonchev–Trinajstić information content (AvgIpc) is 4.14. The Morgan fingerprint density at radius 2 is 1.49 bits per heavy atom. The largest absolute Gasteiger partial charge is 0.370 e. The highest BCUT2D eigenvalue weighted by molar-refractivity contribution is 5.96. The van der Waals surface area contributed by atoms with Crippen molar-refractivity contribution in [2.24, 2.45) is 35.0 Å². The van der Waals surface area contributed by atoms with E-state index in [1.165, 1.54) is 31.4 Å². The lowest BCUT2D eigenvalue weighted by atomic mass is 9.93. The maximum Gasteiger partial charge on any atom is 0.243 e. The number of H-pyrrole nitrogens is 2. The number of primary amides is 2. The number of fused-ring (bicyclic) bond motifs is 1. The fraction of sp³-hybridized carbons (Fsp3) is 0.592. The van der Waals surface area contributed by atoms with E-state index in [4.69, 9.17) is 17.2 Å². The van der Waals surface area contributed by atoms with Crippen LogP contribution in [0.4, 0.5) is 0 Å². The van der Waals surface area contributed by atoms with Crippen molar-refractivity contribution in [3.05, 3.63) is 54.2 Å². The molecule has 8 atom stereocenters. The van der Waals surface area contributed by atoms with E-state index in [0.717, 1.165) is 36.6 Å². The number of carbonyl (C=O) groups excluding carboxylic acids is 9. The zero-order chi connectivity index (χ0) is 52.4. The fourth-order valence-corrected chi connectivity index (χ4v) is 8.65. The number of nitrogens with two attached hydrogens (primary N) is 3. The Morgan fingerprint density at radius 3 is 2.13 bits per heavy atom. The third-order valence-corrected chi connectivity index (χ3v) is 13.4. The molecule has 0 bridgehead atoms. The number of aromatic amines is 2. The Hall–Kier alpha value is -6.84. The van der Waals surface area contributed by atoms with Crippen LogP contribution in [0.15, 0.2) is 43.0 Å². The molecule has 1 saturated carbocycles. The van der Waals surface area contributed by atoms with Crippen LogP contribution in [-0.2, 0) is 56.0 Å². The number of likely N-dealkylation sites (N-methyl/N-ethyl adjacent to an activating group) is 1. The van der Waals surface area contributed by atoms with Gasteiger partial charge in [0.2, 0.25) is 53.2 Å². The lowest BCUT2D eigenvalue weighted by Gasteiger charge is -2.31. The van der Waals surface area contributed by atoms with Gasteiger partial charge in [0.25, 0.3) is 0 Å². The summed E-state index contributed by atoms with van der Waals surface area (Å²) in [7, 11) is 1.43. The molecule has 1 aromatic carbocycles. The quantitative estimate of drug-likeness (QED) is 0.0447. The maximum atomic E-state index is 14.1. The van der Waals surface area contributed by atoms with Crippen LogP contribution in [0.3, 0.4) is 0 Å². The van der Waals surface area contributed by atoms with E-state index in [2.05, 4.69) is 46.9 Å². The van der Waals surface area contributed by atoms with Crippen LogP contribution in [0, 0.1) is 17.8 Å². The highest BCUT2D eigenvalue weighted by Crippen LogP contribution is 2.29. The molecule has 1 fully saturated rings. The molecule has 14 N–H and O–H groups in total. The topological polar surface area (TPSA) is 352 Å². The second-order valence-electron chi connectivity index (χ2n) is 19.2. The minimum Gasteiger partial charge on any atom is -0.370 e. The molecule has 71 heavy (non-hydrogen) atoms. The molecule has 0 spiro atoms. The molecule has 1 aliphatic rings. The van der Waals surface area contributed by atoms with Crippen molar-refractivity contribution in [3.8, 4) is 0 Å². The van der Waals surface area contributed by atoms with Gasteiger partial charge in [-0.3, -0.25) is 43.2 Å². The number of amides is 9. The van der Waals surface area contributed by atoms with Gasteiger partial charge in [-0.05, 0) is 55.6 Å². The minimum atomic E-state index is -1.21. The van der Waals surface area contributed by atoms with Crippen LogP contribution in [0.5, 0.6) is 0 Å². The minimum absolute atomic E-state index is 0.0137. The molecule has 9 amide bonds. The molecular formula is C49H75N13O9. The van der Waals surface area contributed by atoms with Crippen LogP contribution in [0.2, 0.25) is 0 Å². The summed E-state index contributed by atoms with van der Waals surface area (Å²) >= 11 is 0. The predicted molar refractivity (Wildman–Crippen MR) is 265 cm³/mol. The monoisotopic (exact) mass is 990 g/mol. The predicted octanol–water partition coefficient (Wildman–Crippen LogP) is 0.204. The Kier molecular flexibility index (Phi) is 22.0. The first-order valence-corrected chi connectivity index (χ1v) is 24.6. The smallest absolute Gasteiger partial charge is 0.243 e. The SMILES string of the molecule is CCC(C)[C@@H](CCC(=O)N[C@@H](CC1CCCC1)C(N)=O)NC(=O)[C@H](Cc1cnc[nH]1)N(C)C(=O)CNC(=O)[C@@H](NC(=O)[C@H](C)NC(=O)[C@H](Cc1c[nH]c2ccccc12)NC(=O)[C@@H](N)CCC(N)=O)C(C)C. The fourth-order valence-electron chi connectivity index (χ4n) is 8.65. The van der Waals surface area contributed by atoms with Gasteiger partial charge in [-0.2, -0.15) is 0 Å². The van der Waals surface area contributed by atoms with E-state index in [-0.39, 0.29) is 50.4 Å². The van der Waals surface area contributed by atoms with Gasteiger partial charge in [0.1, 0.15) is 30.2 Å². The van der Waals surface area contributed by atoms with Crippen molar-refractivity contribution in [1.29, 1.82) is 0 Å². The summed E-state index contributed by atoms with van der Waals surface area (Å²) in [6.45, 7) is 8.14. The van der Waals surface area contributed by atoms with Crippen LogP contribution in [-0.4, -0.2) is 129 Å². The third kappa shape index (κ3) is 17.5. The van der Waals surface area contributed by atoms with E-state index < -0.39 is 102 Å². The number of benzene rings is 1. The average molecular weight is 990 g/mol. The Balaban J connectivity index is 1.39. The summed E-state index contributed by atoms with van der Waals surface area (Å²) in [5.74, 6) is -5.77. The summed E-state index contributed by atoms with van der Waals surface area (Å²) in [5.41, 5.74) is 19.0. The van der Waals surface area contributed by atoms with Crippen LogP contribution in [0.25, 0.3) is 10.9 Å². The van der Waals surface area contributed by atoms with E-state index in [1.807, 2.05) is 38.1 Å². The van der Waals surface area contributed by atoms with E-state index in [1.54, 1.807) is 20.0 Å². The van der Waals surface area contributed by atoms with Gasteiger partial charge in [0.15, 0.2) is 0 Å². The molecule has 0 radical (unpaired) electrons. The first-order valence-electron chi connectivity index (χ1n) is 24.6. The van der Waals surface area contributed by atoms with Gasteiger partial charge in [0.05, 0.1) is 18.9 Å². The number of para-hydroxylation sites is 1. The molecule has 0 saturated heterocycles. The summed E-state index contributed by atoms with van der Waals surface area (Å²) in [4.78, 5) is 130. The molecule has 2 aromatic heterocycles. The standard InChI is InChI=1S/C49H75N13O9/c1-7-28(4)35(17-19-41(64)58-37(44(52)66)20-30-12-8-9-13-30)59-48(70)39(22-32-24-53-26-56-32)62(6)42(65)25-55-49(71)43(27(2)3)61-45(67)29(5)57-47(69)38(60-46(68)34(50)16-18-40(51)63)21-31-23-54-36-15-11-10-14-33(31)36/h10-11,14-15,23-24,26-30,34-35,37-39,43,54H,7-9,12-13,16-22,25,50H2,1-6H3,(H2,51,63)(H2,52,66)(H,53,56)(H,55,71)(H,57,69)(H,58,64)(H,59,70)(H,60,68)(H,61,67)/t28?,29-,34-,35+,37-,38-,39-,43-/m0/s1. The van der Waals surface area contributed by atoms with Crippen molar-refractivity contribution in [2.75, 3.05) is 13.6 Å². The van der Waals surface area contributed by atoms with Crippen LogP contribution in [0.1, 0.15) is 110 Å². The number of aromatic nitrogens is 3. The molecule has 1 unspecified atom stereocenters. The highest BCUT2D eigenvalue weighted by atomic mass is 16.2. The van der Waals surface area contributed by atoms with E-state index >= 15 is 0 Å². The molecule has 22 nitrogen and oxygen atoms in total. The lowest BCUT2D eigenvalue weighted by molar-refractivity contribution is -0.140. The number of carbonyl (C=O) groups is 9. The van der Waals surface area contributed by atoms with Gasteiger partial charge in [0, 0.05) is 67.8 Å². The summed E-state index contributed by atoms with van der Waals surface area (Å²) in [5, 5.41) is 17.2. The Labute approximate surface area is 414 Å². The molecule has 0 aliphatic heterocycles. The van der Waals surface area contributed by atoms with Gasteiger partial charge in [-0.25, -0.2) is 4.98 Å². The van der Waals surface area contributed by atoms with Crippen molar-refractivity contribution in [3.63, 3.8) is 0 Å². The van der Waals surface area contributed by atoms with E-state index in [0.29, 0.717) is 30.0 Å². The summed E-state index contributed by atoms with van der Waals surface area (Å²) in [6, 6.07) is 0.322. The summed E-state index contributed by atoms with van der Waals surface area (Å²) in [6.07, 6.45) is 10.1. The van der Waals surface area contributed by atoms with Gasteiger partial charge < -0.3 is 64.0 Å². The zero-order valence-corrected chi connectivity index (χ0v) is 41.8. The first kappa shape index (κ1) is 56.7. The second kappa shape index (κ2) is 27.5. The summed E-state index contributed by atoms with van der Waals surface area (Å²) < 4.78 is 0. The Morgan fingerprint density at radius 1 is 0.789 bits per heavy atom. The number of hydrogen-bond acceptors (Lipinski definition) is 11. The molecule has 2 heterocycles. The first-order chi connectivity index (χ1) is 33.7. The molecular weight excluding hydrogens is 915 g/mol.